The van der Waals surface area contributed by atoms with Crippen LogP contribution in [0.5, 0.6) is 0 Å². The van der Waals surface area contributed by atoms with E-state index in [0.29, 0.717) is 19.6 Å². The Morgan fingerprint density at radius 3 is 2.57 bits per heavy atom. The predicted octanol–water partition coefficient (Wildman–Crippen LogP) is 1.22. The molecule has 0 aromatic heterocycles. The van der Waals surface area contributed by atoms with Crippen LogP contribution in [0.4, 0.5) is 4.79 Å². The van der Waals surface area contributed by atoms with Gasteiger partial charge < -0.3 is 19.9 Å². The van der Waals surface area contributed by atoms with Gasteiger partial charge >= 0.3 is 6.09 Å². The van der Waals surface area contributed by atoms with Gasteiger partial charge in [-0.2, -0.15) is 0 Å². The fraction of sp³-hybridized carbons (Fsp3) is 0.529. The first kappa shape index (κ1) is 15.8. The molecule has 23 heavy (non-hydrogen) atoms. The molecular formula is C17H23N3O3. The summed E-state index contributed by atoms with van der Waals surface area (Å²) in [5.41, 5.74) is 0.959. The largest absolute Gasteiger partial charge is 0.445 e. The van der Waals surface area contributed by atoms with E-state index in [1.54, 1.807) is 4.90 Å². The lowest BCUT2D eigenvalue weighted by Gasteiger charge is -2.34. The van der Waals surface area contributed by atoms with Crippen molar-refractivity contribution < 1.29 is 14.3 Å². The lowest BCUT2D eigenvalue weighted by atomic mass is 10.2. The fourth-order valence-corrected chi connectivity index (χ4v) is 3.05. The Bertz CT molecular complexity index is 543. The first-order valence-corrected chi connectivity index (χ1v) is 8.22. The van der Waals surface area contributed by atoms with Gasteiger partial charge in [0.1, 0.15) is 12.6 Å². The monoisotopic (exact) mass is 317 g/mol. The molecule has 6 heteroatoms. The molecule has 0 radical (unpaired) electrons. The van der Waals surface area contributed by atoms with E-state index < -0.39 is 0 Å². The molecule has 0 aliphatic carbocycles. The molecule has 2 fully saturated rings. The van der Waals surface area contributed by atoms with E-state index >= 15 is 0 Å². The van der Waals surface area contributed by atoms with E-state index in [1.807, 2.05) is 35.2 Å². The average Bonchev–Trinajstić information content (AvgIpc) is 3.14. The van der Waals surface area contributed by atoms with Gasteiger partial charge in [0.05, 0.1) is 0 Å². The molecule has 0 bridgehead atoms. The Morgan fingerprint density at radius 2 is 1.83 bits per heavy atom. The third-order valence-corrected chi connectivity index (χ3v) is 4.35. The lowest BCUT2D eigenvalue weighted by Crippen LogP contribution is -2.58. The number of likely N-dealkylation sites (tertiary alicyclic amines) is 1. The third kappa shape index (κ3) is 4.01. The van der Waals surface area contributed by atoms with E-state index in [0.717, 1.165) is 31.5 Å². The van der Waals surface area contributed by atoms with Gasteiger partial charge in [-0.05, 0) is 18.4 Å². The first-order valence-electron chi connectivity index (χ1n) is 8.22. The number of piperazine rings is 1. The normalized spacial score (nSPS) is 21.3. The van der Waals surface area contributed by atoms with Crippen LogP contribution in [-0.4, -0.2) is 60.6 Å². The number of carbonyl (C=O) groups excluding carboxylic acids is 2. The second kappa shape index (κ2) is 7.46. The number of nitrogens with zero attached hydrogens (tertiary/aromatic N) is 2. The van der Waals surface area contributed by atoms with Crippen molar-refractivity contribution in [1.29, 1.82) is 0 Å². The molecule has 6 nitrogen and oxygen atoms in total. The van der Waals surface area contributed by atoms with E-state index in [2.05, 4.69) is 5.32 Å². The highest BCUT2D eigenvalue weighted by Crippen LogP contribution is 2.12. The van der Waals surface area contributed by atoms with Gasteiger partial charge in [0, 0.05) is 32.7 Å². The lowest BCUT2D eigenvalue weighted by molar-refractivity contribution is -0.133. The fourth-order valence-electron chi connectivity index (χ4n) is 3.05. The standard InChI is InChI=1S/C17H23N3O3/c21-16(19-9-4-5-10-19)15-12-20(11-8-18-15)17(22)23-13-14-6-2-1-3-7-14/h1-3,6-7,15,18H,4-5,8-13H2. The Hall–Kier alpha value is -2.08. The van der Waals surface area contributed by atoms with Crippen LogP contribution in [0.1, 0.15) is 18.4 Å². The van der Waals surface area contributed by atoms with Gasteiger partial charge in [0.2, 0.25) is 5.91 Å². The maximum Gasteiger partial charge on any atom is 0.410 e. The maximum absolute atomic E-state index is 12.4. The number of benzene rings is 1. The highest BCUT2D eigenvalue weighted by Gasteiger charge is 2.32. The van der Waals surface area contributed by atoms with Crippen molar-refractivity contribution in [3.63, 3.8) is 0 Å². The van der Waals surface area contributed by atoms with Crippen molar-refractivity contribution >= 4 is 12.0 Å². The number of ether oxygens (including phenoxy) is 1. The summed E-state index contributed by atoms with van der Waals surface area (Å²) < 4.78 is 5.36. The highest BCUT2D eigenvalue weighted by molar-refractivity contribution is 5.83. The molecule has 1 N–H and O–H groups in total. The maximum atomic E-state index is 12.4. The summed E-state index contributed by atoms with van der Waals surface area (Å²) in [6.45, 7) is 3.48. The summed E-state index contributed by atoms with van der Waals surface area (Å²) in [6.07, 6.45) is 1.79. The molecule has 1 atom stereocenters. The van der Waals surface area contributed by atoms with Crippen molar-refractivity contribution in [2.45, 2.75) is 25.5 Å². The van der Waals surface area contributed by atoms with Gasteiger partial charge in [-0.3, -0.25) is 4.79 Å². The van der Waals surface area contributed by atoms with Crippen molar-refractivity contribution in [1.82, 2.24) is 15.1 Å². The molecule has 2 saturated heterocycles. The van der Waals surface area contributed by atoms with Crippen molar-refractivity contribution in [2.75, 3.05) is 32.7 Å². The van der Waals surface area contributed by atoms with E-state index in [9.17, 15) is 9.59 Å². The van der Waals surface area contributed by atoms with Crippen LogP contribution in [0.25, 0.3) is 0 Å². The van der Waals surface area contributed by atoms with Crippen molar-refractivity contribution in [2.24, 2.45) is 0 Å². The topological polar surface area (TPSA) is 61.9 Å². The molecule has 0 saturated carbocycles. The van der Waals surface area contributed by atoms with Crippen LogP contribution in [-0.2, 0) is 16.1 Å². The Balaban J connectivity index is 1.51. The molecule has 2 amide bonds. The summed E-state index contributed by atoms with van der Waals surface area (Å²) in [5.74, 6) is 0.100. The zero-order chi connectivity index (χ0) is 16.1. The quantitative estimate of drug-likeness (QED) is 0.910. The Kier molecular flexibility index (Phi) is 5.12. The zero-order valence-electron chi connectivity index (χ0n) is 13.2. The molecule has 1 aromatic rings. The summed E-state index contributed by atoms with van der Waals surface area (Å²) in [5, 5.41) is 3.21. The minimum atomic E-state index is -0.352. The molecule has 3 rings (SSSR count). The number of rotatable bonds is 3. The molecule has 2 heterocycles. The summed E-state index contributed by atoms with van der Waals surface area (Å²) in [7, 11) is 0. The van der Waals surface area contributed by atoms with Crippen LogP contribution >= 0.6 is 0 Å². The third-order valence-electron chi connectivity index (χ3n) is 4.35. The number of hydrogen-bond acceptors (Lipinski definition) is 4. The Labute approximate surface area is 136 Å². The minimum absolute atomic E-state index is 0.100. The summed E-state index contributed by atoms with van der Waals surface area (Å²) >= 11 is 0. The first-order chi connectivity index (χ1) is 11.2. The highest BCUT2D eigenvalue weighted by atomic mass is 16.6. The molecule has 124 valence electrons. The smallest absolute Gasteiger partial charge is 0.410 e. The Morgan fingerprint density at radius 1 is 1.09 bits per heavy atom. The molecule has 1 aromatic carbocycles. The van der Waals surface area contributed by atoms with Crippen molar-refractivity contribution in [3.8, 4) is 0 Å². The average molecular weight is 317 g/mol. The number of nitrogens with one attached hydrogen (secondary N) is 1. The molecular weight excluding hydrogens is 294 g/mol. The zero-order valence-corrected chi connectivity index (χ0v) is 13.2. The molecule has 2 aliphatic rings. The summed E-state index contributed by atoms with van der Waals surface area (Å²) in [6, 6.07) is 9.29. The van der Waals surface area contributed by atoms with Gasteiger partial charge in [0.15, 0.2) is 0 Å². The van der Waals surface area contributed by atoms with Gasteiger partial charge in [-0.1, -0.05) is 30.3 Å². The van der Waals surface area contributed by atoms with E-state index in [-0.39, 0.29) is 24.6 Å². The molecule has 2 aliphatic heterocycles. The molecule has 1 unspecified atom stereocenters. The van der Waals surface area contributed by atoms with Crippen LogP contribution in [0.15, 0.2) is 30.3 Å². The van der Waals surface area contributed by atoms with Crippen LogP contribution in [0, 0.1) is 0 Å². The second-order valence-corrected chi connectivity index (χ2v) is 6.03. The van der Waals surface area contributed by atoms with Crippen LogP contribution in [0.3, 0.4) is 0 Å². The number of amides is 2. The van der Waals surface area contributed by atoms with E-state index in [1.165, 1.54) is 0 Å². The minimum Gasteiger partial charge on any atom is -0.445 e. The second-order valence-electron chi connectivity index (χ2n) is 6.03. The number of carbonyl (C=O) groups is 2. The summed E-state index contributed by atoms with van der Waals surface area (Å²) in [4.78, 5) is 28.2. The van der Waals surface area contributed by atoms with Crippen LogP contribution < -0.4 is 5.32 Å². The van der Waals surface area contributed by atoms with Crippen molar-refractivity contribution in [3.05, 3.63) is 35.9 Å². The SMILES string of the molecule is O=C(OCc1ccccc1)N1CCNC(C(=O)N2CCCC2)C1. The van der Waals surface area contributed by atoms with Gasteiger partial charge in [-0.25, -0.2) is 4.79 Å². The predicted molar refractivity (Wildman–Crippen MR) is 85.8 cm³/mol. The van der Waals surface area contributed by atoms with Crippen LogP contribution in [0.2, 0.25) is 0 Å². The number of hydrogen-bond donors (Lipinski definition) is 1. The molecule has 0 spiro atoms. The van der Waals surface area contributed by atoms with Gasteiger partial charge in [-0.15, -0.1) is 0 Å². The van der Waals surface area contributed by atoms with Gasteiger partial charge in [0.25, 0.3) is 0 Å². The van der Waals surface area contributed by atoms with E-state index in [4.69, 9.17) is 4.74 Å².